The Labute approximate surface area is 126 Å². The van der Waals surface area contributed by atoms with Crippen LogP contribution in [0, 0.1) is 5.92 Å². The van der Waals surface area contributed by atoms with Crippen LogP contribution >= 0.6 is 0 Å². The minimum absolute atomic E-state index is 0.0554. The molecule has 0 aromatic heterocycles. The van der Waals surface area contributed by atoms with E-state index < -0.39 is 5.60 Å². The van der Waals surface area contributed by atoms with Gasteiger partial charge < -0.3 is 9.84 Å². The van der Waals surface area contributed by atoms with E-state index in [1.165, 1.54) is 0 Å². The Morgan fingerprint density at radius 3 is 2.05 bits per heavy atom. The third-order valence-electron chi connectivity index (χ3n) is 4.64. The summed E-state index contributed by atoms with van der Waals surface area (Å²) in [7, 11) is 0. The molecule has 4 atom stereocenters. The number of rotatable bonds is 2. The second-order valence-electron chi connectivity index (χ2n) is 6.22. The Morgan fingerprint density at radius 2 is 1.48 bits per heavy atom. The second-order valence-corrected chi connectivity index (χ2v) is 6.22. The third-order valence-corrected chi connectivity index (χ3v) is 4.64. The van der Waals surface area contributed by atoms with Crippen LogP contribution in [0.15, 0.2) is 60.7 Å². The Kier molecular flexibility index (Phi) is 3.83. The lowest BCUT2D eigenvalue weighted by atomic mass is 9.76. The standard InChI is InChI=1S/C19H22O2/c1-14-18(16-11-7-4-8-12-16)21-17(13-19(14,2)20)15-9-5-3-6-10-15/h3-12,14,17-18,20H,13H2,1-2H3. The van der Waals surface area contributed by atoms with Crippen LogP contribution in [0.5, 0.6) is 0 Å². The highest BCUT2D eigenvalue weighted by Crippen LogP contribution is 2.47. The molecule has 21 heavy (non-hydrogen) atoms. The van der Waals surface area contributed by atoms with Crippen molar-refractivity contribution in [2.45, 2.75) is 38.1 Å². The molecular formula is C19H22O2. The molecule has 4 unspecified atom stereocenters. The van der Waals surface area contributed by atoms with Crippen molar-refractivity contribution in [2.24, 2.45) is 5.92 Å². The van der Waals surface area contributed by atoms with Crippen LogP contribution in [0.3, 0.4) is 0 Å². The van der Waals surface area contributed by atoms with Crippen LogP contribution in [0.4, 0.5) is 0 Å². The van der Waals surface area contributed by atoms with E-state index in [1.807, 2.05) is 43.3 Å². The number of hydrogen-bond acceptors (Lipinski definition) is 2. The molecular weight excluding hydrogens is 260 g/mol. The topological polar surface area (TPSA) is 29.5 Å². The average Bonchev–Trinajstić information content (AvgIpc) is 2.51. The Balaban J connectivity index is 1.93. The van der Waals surface area contributed by atoms with E-state index in [0.29, 0.717) is 6.42 Å². The van der Waals surface area contributed by atoms with Crippen molar-refractivity contribution in [3.05, 3.63) is 71.8 Å². The summed E-state index contributed by atoms with van der Waals surface area (Å²) in [6.07, 6.45) is 0.476. The van der Waals surface area contributed by atoms with Crippen LogP contribution in [0.25, 0.3) is 0 Å². The molecule has 1 N–H and O–H groups in total. The molecule has 0 radical (unpaired) electrons. The molecule has 2 aromatic carbocycles. The first kappa shape index (κ1) is 14.3. The van der Waals surface area contributed by atoms with Crippen LogP contribution in [-0.4, -0.2) is 10.7 Å². The Morgan fingerprint density at radius 1 is 0.952 bits per heavy atom. The molecule has 1 saturated heterocycles. The lowest BCUT2D eigenvalue weighted by Gasteiger charge is -2.45. The molecule has 0 spiro atoms. The van der Waals surface area contributed by atoms with Crippen molar-refractivity contribution in [1.29, 1.82) is 0 Å². The quantitative estimate of drug-likeness (QED) is 0.891. The fourth-order valence-electron chi connectivity index (χ4n) is 3.10. The highest BCUT2D eigenvalue weighted by atomic mass is 16.5. The average molecular weight is 282 g/mol. The summed E-state index contributed by atoms with van der Waals surface area (Å²) in [5, 5.41) is 10.8. The van der Waals surface area contributed by atoms with Crippen LogP contribution in [0.1, 0.15) is 43.6 Å². The molecule has 1 fully saturated rings. The molecule has 110 valence electrons. The molecule has 0 amide bonds. The lowest BCUT2D eigenvalue weighted by molar-refractivity contribution is -0.178. The summed E-state index contributed by atoms with van der Waals surface area (Å²) in [4.78, 5) is 0. The predicted molar refractivity (Wildman–Crippen MR) is 83.9 cm³/mol. The van der Waals surface area contributed by atoms with Crippen molar-refractivity contribution in [1.82, 2.24) is 0 Å². The smallest absolute Gasteiger partial charge is 0.0886 e. The van der Waals surface area contributed by atoms with Crippen LogP contribution < -0.4 is 0 Å². The summed E-state index contributed by atoms with van der Waals surface area (Å²) in [6.45, 7) is 3.99. The van der Waals surface area contributed by atoms with Crippen molar-refractivity contribution in [2.75, 3.05) is 0 Å². The number of ether oxygens (including phenoxy) is 1. The van der Waals surface area contributed by atoms with Gasteiger partial charge in [-0.3, -0.25) is 0 Å². The van der Waals surface area contributed by atoms with Gasteiger partial charge in [-0.25, -0.2) is 0 Å². The second kappa shape index (κ2) is 5.63. The molecule has 2 nitrogen and oxygen atoms in total. The summed E-state index contributed by atoms with van der Waals surface area (Å²) in [5.74, 6) is 0.0554. The van der Waals surface area contributed by atoms with Gasteiger partial charge in [-0.05, 0) is 18.1 Å². The highest BCUT2D eigenvalue weighted by Gasteiger charge is 2.43. The summed E-state index contributed by atoms with van der Waals surface area (Å²) < 4.78 is 6.35. The largest absolute Gasteiger partial charge is 0.390 e. The van der Waals surface area contributed by atoms with Gasteiger partial charge in [-0.2, -0.15) is 0 Å². The maximum Gasteiger partial charge on any atom is 0.0886 e. The van der Waals surface area contributed by atoms with E-state index in [4.69, 9.17) is 4.74 Å². The van der Waals surface area contributed by atoms with E-state index in [9.17, 15) is 5.11 Å². The van der Waals surface area contributed by atoms with Crippen molar-refractivity contribution in [3.8, 4) is 0 Å². The zero-order chi connectivity index (χ0) is 14.9. The number of hydrogen-bond donors (Lipinski definition) is 1. The zero-order valence-corrected chi connectivity index (χ0v) is 12.6. The summed E-state index contributed by atoms with van der Waals surface area (Å²) >= 11 is 0. The van der Waals surface area contributed by atoms with E-state index in [0.717, 1.165) is 11.1 Å². The van der Waals surface area contributed by atoms with Gasteiger partial charge in [0.05, 0.1) is 17.8 Å². The molecule has 1 aliphatic heterocycles. The van der Waals surface area contributed by atoms with Crippen LogP contribution in [-0.2, 0) is 4.74 Å². The van der Waals surface area contributed by atoms with Gasteiger partial charge in [0.15, 0.2) is 0 Å². The van der Waals surface area contributed by atoms with Gasteiger partial charge >= 0.3 is 0 Å². The number of benzene rings is 2. The predicted octanol–water partition coefficient (Wildman–Crippen LogP) is 4.28. The van der Waals surface area contributed by atoms with Gasteiger partial charge in [-0.15, -0.1) is 0 Å². The van der Waals surface area contributed by atoms with Gasteiger partial charge in [0.25, 0.3) is 0 Å². The highest BCUT2D eigenvalue weighted by molar-refractivity contribution is 5.23. The summed E-state index contributed by atoms with van der Waals surface area (Å²) in [5.41, 5.74) is 1.52. The fourth-order valence-corrected chi connectivity index (χ4v) is 3.10. The zero-order valence-electron chi connectivity index (χ0n) is 12.6. The molecule has 2 aromatic rings. The first-order chi connectivity index (χ1) is 10.1. The third kappa shape index (κ3) is 2.87. The maximum absolute atomic E-state index is 10.8. The van der Waals surface area contributed by atoms with Crippen molar-refractivity contribution < 1.29 is 9.84 Å². The molecule has 0 saturated carbocycles. The lowest BCUT2D eigenvalue weighted by Crippen LogP contribution is -2.44. The van der Waals surface area contributed by atoms with E-state index >= 15 is 0 Å². The number of aliphatic hydroxyl groups is 1. The van der Waals surface area contributed by atoms with Crippen molar-refractivity contribution >= 4 is 0 Å². The first-order valence-corrected chi connectivity index (χ1v) is 7.55. The SMILES string of the molecule is CC1C(c2ccccc2)OC(c2ccccc2)CC1(C)O. The van der Waals surface area contributed by atoms with Gasteiger partial charge in [-0.1, -0.05) is 67.6 Å². The monoisotopic (exact) mass is 282 g/mol. The van der Waals surface area contributed by atoms with Crippen LogP contribution in [0.2, 0.25) is 0 Å². The van der Waals surface area contributed by atoms with E-state index in [1.54, 1.807) is 0 Å². The minimum Gasteiger partial charge on any atom is -0.390 e. The van der Waals surface area contributed by atoms with E-state index in [2.05, 4.69) is 31.2 Å². The molecule has 0 bridgehead atoms. The van der Waals surface area contributed by atoms with Gasteiger partial charge in [0.1, 0.15) is 0 Å². The minimum atomic E-state index is -0.737. The maximum atomic E-state index is 10.8. The fraction of sp³-hybridized carbons (Fsp3) is 0.368. The Bertz CT molecular complexity index is 577. The van der Waals surface area contributed by atoms with Crippen molar-refractivity contribution in [3.63, 3.8) is 0 Å². The molecule has 0 aliphatic carbocycles. The molecule has 3 rings (SSSR count). The molecule has 1 heterocycles. The first-order valence-electron chi connectivity index (χ1n) is 7.55. The van der Waals surface area contributed by atoms with E-state index in [-0.39, 0.29) is 18.1 Å². The normalized spacial score (nSPS) is 32.8. The summed E-state index contributed by atoms with van der Waals surface area (Å²) in [6, 6.07) is 20.4. The molecule has 2 heteroatoms. The van der Waals surface area contributed by atoms with Gasteiger partial charge in [0, 0.05) is 12.3 Å². The molecule has 1 aliphatic rings. The Hall–Kier alpha value is -1.64. The van der Waals surface area contributed by atoms with Gasteiger partial charge in [0.2, 0.25) is 0 Å².